The molecule has 3 aromatic rings. The Morgan fingerprint density at radius 2 is 1.97 bits per heavy atom. The molecule has 2 heterocycles. The summed E-state index contributed by atoms with van der Waals surface area (Å²) in [6.45, 7) is 3.98. The average molecular weight is 422 g/mol. The van der Waals surface area contributed by atoms with Gasteiger partial charge in [0.15, 0.2) is 0 Å². The molecule has 0 saturated carbocycles. The number of esters is 1. The topological polar surface area (TPSA) is 97.6 Å². The van der Waals surface area contributed by atoms with Crippen molar-refractivity contribution < 1.29 is 23.8 Å². The fraction of sp³-hybridized carbons (Fsp3) is 0.182. The number of benzene rings is 2. The average Bonchev–Trinajstić information content (AvgIpc) is 3.30. The van der Waals surface area contributed by atoms with Gasteiger partial charge in [-0.15, -0.1) is 5.10 Å². The first kappa shape index (κ1) is 20.4. The number of carbonyl (C=O) groups excluding carboxylic acids is 2. The van der Waals surface area contributed by atoms with Crippen LogP contribution in [0.1, 0.15) is 16.8 Å². The van der Waals surface area contributed by atoms with E-state index in [0.29, 0.717) is 12.2 Å². The number of aromatic nitrogens is 3. The number of hydrogen-bond acceptors (Lipinski definition) is 6. The van der Waals surface area contributed by atoms with Crippen molar-refractivity contribution in [3.8, 4) is 0 Å². The molecule has 1 aliphatic heterocycles. The number of methoxy groups -OCH3 is 1. The van der Waals surface area contributed by atoms with Crippen LogP contribution in [0, 0.1) is 5.82 Å². The largest absolute Gasteiger partial charge is 0.466 e. The predicted molar refractivity (Wildman–Crippen MR) is 108 cm³/mol. The second-order valence-electron chi connectivity index (χ2n) is 7.13. The number of aliphatic hydroxyl groups is 1. The van der Waals surface area contributed by atoms with E-state index in [-0.39, 0.29) is 17.8 Å². The van der Waals surface area contributed by atoms with E-state index in [2.05, 4.69) is 21.6 Å². The summed E-state index contributed by atoms with van der Waals surface area (Å²) in [4.78, 5) is 26.4. The first-order valence-electron chi connectivity index (χ1n) is 9.39. The molecular weight excluding hydrogens is 403 g/mol. The van der Waals surface area contributed by atoms with Gasteiger partial charge in [0.1, 0.15) is 11.5 Å². The minimum atomic E-state index is -2.44. The van der Waals surface area contributed by atoms with E-state index in [9.17, 15) is 19.1 Å². The molecule has 0 fully saturated rings. The van der Waals surface area contributed by atoms with E-state index in [1.54, 1.807) is 10.9 Å². The Morgan fingerprint density at radius 1 is 1.23 bits per heavy atom. The predicted octanol–water partition coefficient (Wildman–Crippen LogP) is 1.93. The number of ether oxygens (including phenoxy) is 1. The van der Waals surface area contributed by atoms with Crippen LogP contribution in [0.2, 0.25) is 0 Å². The van der Waals surface area contributed by atoms with Crippen LogP contribution in [0.25, 0.3) is 0 Å². The van der Waals surface area contributed by atoms with Gasteiger partial charge >= 0.3 is 5.97 Å². The van der Waals surface area contributed by atoms with Crippen molar-refractivity contribution >= 4 is 17.6 Å². The van der Waals surface area contributed by atoms with E-state index in [0.717, 1.165) is 24.8 Å². The standard InChI is InChI=1S/C22H19FN4O4/c1-14(20(28)31-2)22(30)18-10-16(23)8-9-19(18)27(21(22)29)13-17-12-26(25-24-17)11-15-6-4-3-5-7-15/h3-10,12,30H,1,11,13H2,2H3. The Balaban J connectivity index is 1.65. The molecule has 158 valence electrons. The van der Waals surface area contributed by atoms with Crippen LogP contribution in [0.3, 0.4) is 0 Å². The molecule has 0 aliphatic carbocycles. The second kappa shape index (κ2) is 7.77. The number of fused-ring (bicyclic) bond motifs is 1. The number of carbonyl (C=O) groups is 2. The highest BCUT2D eigenvalue weighted by Gasteiger charge is 2.54. The molecule has 1 aliphatic rings. The summed E-state index contributed by atoms with van der Waals surface area (Å²) < 4.78 is 20.2. The Labute approximate surface area is 177 Å². The lowest BCUT2D eigenvalue weighted by atomic mass is 9.88. The van der Waals surface area contributed by atoms with Gasteiger partial charge in [-0.25, -0.2) is 13.9 Å². The first-order chi connectivity index (χ1) is 14.8. The first-order valence-corrected chi connectivity index (χ1v) is 9.39. The molecule has 0 bridgehead atoms. The molecule has 1 aromatic heterocycles. The van der Waals surface area contributed by atoms with E-state index < -0.39 is 28.9 Å². The third kappa shape index (κ3) is 3.49. The maximum atomic E-state index is 13.9. The fourth-order valence-corrected chi connectivity index (χ4v) is 3.59. The van der Waals surface area contributed by atoms with Gasteiger partial charge in [0.25, 0.3) is 5.91 Å². The molecule has 1 amide bonds. The highest BCUT2D eigenvalue weighted by Crippen LogP contribution is 2.45. The smallest absolute Gasteiger partial charge is 0.336 e. The van der Waals surface area contributed by atoms with Crippen LogP contribution in [0.15, 0.2) is 66.9 Å². The number of amides is 1. The van der Waals surface area contributed by atoms with Crippen LogP contribution >= 0.6 is 0 Å². The van der Waals surface area contributed by atoms with Gasteiger partial charge in [0.05, 0.1) is 37.7 Å². The molecule has 0 radical (unpaired) electrons. The molecule has 8 nitrogen and oxygen atoms in total. The van der Waals surface area contributed by atoms with Gasteiger partial charge in [0.2, 0.25) is 5.60 Å². The lowest BCUT2D eigenvalue weighted by Gasteiger charge is -2.23. The SMILES string of the molecule is C=C(C(=O)OC)C1(O)C(=O)N(Cc2cn(Cc3ccccc3)nn2)c2ccc(F)cc21. The van der Waals surface area contributed by atoms with Crippen LogP contribution < -0.4 is 4.90 Å². The van der Waals surface area contributed by atoms with E-state index in [4.69, 9.17) is 0 Å². The molecule has 2 aromatic carbocycles. The molecular formula is C22H19FN4O4. The van der Waals surface area contributed by atoms with Gasteiger partial charge in [-0.1, -0.05) is 42.1 Å². The van der Waals surface area contributed by atoms with Crippen LogP contribution in [0.5, 0.6) is 0 Å². The van der Waals surface area contributed by atoms with Gasteiger partial charge in [-0.05, 0) is 23.8 Å². The maximum absolute atomic E-state index is 13.9. The number of rotatable bonds is 6. The maximum Gasteiger partial charge on any atom is 0.336 e. The molecule has 1 unspecified atom stereocenters. The quantitative estimate of drug-likeness (QED) is 0.482. The molecule has 1 atom stereocenters. The minimum absolute atomic E-state index is 0.0387. The second-order valence-corrected chi connectivity index (χ2v) is 7.13. The third-order valence-electron chi connectivity index (χ3n) is 5.16. The summed E-state index contributed by atoms with van der Waals surface area (Å²) in [6, 6.07) is 13.2. The Bertz CT molecular complexity index is 1180. The number of nitrogens with zero attached hydrogens (tertiary/aromatic N) is 4. The lowest BCUT2D eigenvalue weighted by Crippen LogP contribution is -2.43. The Hall–Kier alpha value is -3.85. The summed E-state index contributed by atoms with van der Waals surface area (Å²) in [6.07, 6.45) is 1.68. The van der Waals surface area contributed by atoms with Crippen LogP contribution in [0.4, 0.5) is 10.1 Å². The minimum Gasteiger partial charge on any atom is -0.466 e. The number of hydrogen-bond donors (Lipinski definition) is 1. The monoisotopic (exact) mass is 422 g/mol. The Kier molecular flexibility index (Phi) is 5.12. The molecule has 0 spiro atoms. The normalized spacial score (nSPS) is 17.5. The molecule has 0 saturated heterocycles. The van der Waals surface area contributed by atoms with E-state index >= 15 is 0 Å². The third-order valence-corrected chi connectivity index (χ3v) is 5.16. The van der Waals surface area contributed by atoms with Gasteiger partial charge in [0, 0.05) is 5.56 Å². The van der Waals surface area contributed by atoms with E-state index in [1.807, 2.05) is 30.3 Å². The summed E-state index contributed by atoms with van der Waals surface area (Å²) in [5.74, 6) is -2.49. The van der Waals surface area contributed by atoms with Crippen molar-refractivity contribution in [3.63, 3.8) is 0 Å². The molecule has 31 heavy (non-hydrogen) atoms. The van der Waals surface area contributed by atoms with Crippen molar-refractivity contribution in [2.45, 2.75) is 18.7 Å². The van der Waals surface area contributed by atoms with Crippen molar-refractivity contribution in [1.82, 2.24) is 15.0 Å². The fourth-order valence-electron chi connectivity index (χ4n) is 3.59. The van der Waals surface area contributed by atoms with E-state index in [1.165, 1.54) is 11.0 Å². The number of halogens is 1. The van der Waals surface area contributed by atoms with Crippen molar-refractivity contribution in [1.29, 1.82) is 0 Å². The van der Waals surface area contributed by atoms with Crippen LogP contribution in [-0.4, -0.2) is 39.1 Å². The van der Waals surface area contributed by atoms with Crippen molar-refractivity contribution in [3.05, 3.63) is 89.5 Å². The van der Waals surface area contributed by atoms with Gasteiger partial charge in [-0.2, -0.15) is 0 Å². The zero-order valence-electron chi connectivity index (χ0n) is 16.7. The molecule has 4 rings (SSSR count). The molecule has 9 heteroatoms. The molecule has 1 N–H and O–H groups in total. The summed E-state index contributed by atoms with van der Waals surface area (Å²) in [7, 11) is 1.10. The highest BCUT2D eigenvalue weighted by molar-refractivity contribution is 6.13. The van der Waals surface area contributed by atoms with Crippen LogP contribution in [-0.2, 0) is 33.0 Å². The van der Waals surface area contributed by atoms with Crippen molar-refractivity contribution in [2.24, 2.45) is 0 Å². The lowest BCUT2D eigenvalue weighted by molar-refractivity contribution is -0.144. The Morgan fingerprint density at radius 3 is 2.68 bits per heavy atom. The zero-order chi connectivity index (χ0) is 22.2. The van der Waals surface area contributed by atoms with Gasteiger partial charge in [-0.3, -0.25) is 4.79 Å². The summed E-state index contributed by atoms with van der Waals surface area (Å²) >= 11 is 0. The number of anilines is 1. The summed E-state index contributed by atoms with van der Waals surface area (Å²) in [5.41, 5.74) is -1.29. The zero-order valence-corrected chi connectivity index (χ0v) is 16.7. The van der Waals surface area contributed by atoms with Gasteiger partial charge < -0.3 is 14.7 Å². The van der Waals surface area contributed by atoms with Crippen molar-refractivity contribution in [2.75, 3.05) is 12.0 Å². The highest BCUT2D eigenvalue weighted by atomic mass is 19.1. The summed E-state index contributed by atoms with van der Waals surface area (Å²) in [5, 5.41) is 19.3.